The zero-order valence-electron chi connectivity index (χ0n) is 14.9. The normalized spacial score (nSPS) is 29.0. The molecule has 3 aliphatic rings. The highest BCUT2D eigenvalue weighted by Crippen LogP contribution is 2.33. The summed E-state index contributed by atoms with van der Waals surface area (Å²) in [6.45, 7) is 9.25. The molecule has 6 heteroatoms. The molecule has 0 bridgehead atoms. The van der Waals surface area contributed by atoms with Crippen molar-refractivity contribution in [3.05, 3.63) is 11.6 Å². The Balaban J connectivity index is 0.00000169. The van der Waals surface area contributed by atoms with Crippen LogP contribution in [0.5, 0.6) is 0 Å². The number of halogens is 1. The van der Waals surface area contributed by atoms with E-state index in [0.29, 0.717) is 5.92 Å². The maximum absolute atomic E-state index is 4.53. The molecule has 0 aromatic carbocycles. The van der Waals surface area contributed by atoms with Gasteiger partial charge in [0, 0.05) is 25.6 Å². The third-order valence-electron chi connectivity index (χ3n) is 6.39. The van der Waals surface area contributed by atoms with E-state index in [1.165, 1.54) is 64.0 Å². The van der Waals surface area contributed by atoms with Gasteiger partial charge in [-0.25, -0.2) is 0 Å². The van der Waals surface area contributed by atoms with E-state index in [1.54, 1.807) is 0 Å². The minimum atomic E-state index is 0. The van der Waals surface area contributed by atoms with Crippen LogP contribution in [-0.4, -0.2) is 45.8 Å². The summed E-state index contributed by atoms with van der Waals surface area (Å²) >= 11 is 0. The fourth-order valence-corrected chi connectivity index (χ4v) is 4.79. The Hall–Kier alpha value is -0.650. The first-order chi connectivity index (χ1) is 11.3. The standard InChI is InChI=1S/C18H31N5.ClH/c1-14-4-2-3-5-16(14)13-22-9-6-15(7-10-22)18-21-20-17-12-19-8-11-23(17)18;/h14-16,19H,2-13H2,1H3;1H. The van der Waals surface area contributed by atoms with Gasteiger partial charge in [0.05, 0.1) is 6.54 Å². The maximum Gasteiger partial charge on any atom is 0.147 e. The lowest BCUT2D eigenvalue weighted by Gasteiger charge is -2.37. The van der Waals surface area contributed by atoms with Crippen molar-refractivity contribution in [2.45, 2.75) is 64.5 Å². The first-order valence-electron chi connectivity index (χ1n) is 9.66. The van der Waals surface area contributed by atoms with Gasteiger partial charge < -0.3 is 14.8 Å². The van der Waals surface area contributed by atoms with Crippen molar-refractivity contribution in [1.29, 1.82) is 0 Å². The molecule has 3 heterocycles. The fourth-order valence-electron chi connectivity index (χ4n) is 4.79. The molecule has 1 aliphatic carbocycles. The Labute approximate surface area is 152 Å². The number of nitrogens with one attached hydrogen (secondary N) is 1. The summed E-state index contributed by atoms with van der Waals surface area (Å²) in [6, 6.07) is 0. The maximum atomic E-state index is 4.53. The molecule has 2 aliphatic heterocycles. The highest BCUT2D eigenvalue weighted by atomic mass is 35.5. The molecule has 2 fully saturated rings. The minimum Gasteiger partial charge on any atom is -0.312 e. The van der Waals surface area contributed by atoms with E-state index in [9.17, 15) is 0 Å². The predicted molar refractivity (Wildman–Crippen MR) is 98.5 cm³/mol. The molecule has 0 spiro atoms. The van der Waals surface area contributed by atoms with E-state index in [2.05, 4.69) is 31.9 Å². The number of nitrogens with zero attached hydrogens (tertiary/aromatic N) is 4. The summed E-state index contributed by atoms with van der Waals surface area (Å²) in [5.41, 5.74) is 0. The second-order valence-corrected chi connectivity index (χ2v) is 7.90. The number of likely N-dealkylation sites (tertiary alicyclic amines) is 1. The molecular formula is C18H32ClN5. The van der Waals surface area contributed by atoms with Gasteiger partial charge in [-0.2, -0.15) is 0 Å². The molecule has 1 aromatic heterocycles. The lowest BCUT2D eigenvalue weighted by Crippen LogP contribution is -2.39. The molecule has 2 unspecified atom stereocenters. The summed E-state index contributed by atoms with van der Waals surface area (Å²) in [6.07, 6.45) is 8.31. The molecule has 5 nitrogen and oxygen atoms in total. The van der Waals surface area contributed by atoms with Crippen LogP contribution in [0.2, 0.25) is 0 Å². The molecule has 2 atom stereocenters. The van der Waals surface area contributed by atoms with Crippen LogP contribution in [0.25, 0.3) is 0 Å². The van der Waals surface area contributed by atoms with Gasteiger partial charge in [-0.1, -0.05) is 26.2 Å². The van der Waals surface area contributed by atoms with Crippen molar-refractivity contribution < 1.29 is 0 Å². The van der Waals surface area contributed by atoms with Gasteiger partial charge in [0.15, 0.2) is 0 Å². The second kappa shape index (κ2) is 8.15. The van der Waals surface area contributed by atoms with Crippen LogP contribution in [0.1, 0.15) is 63.0 Å². The van der Waals surface area contributed by atoms with E-state index in [1.807, 2.05) is 0 Å². The highest BCUT2D eigenvalue weighted by Gasteiger charge is 2.29. The van der Waals surface area contributed by atoms with Crippen molar-refractivity contribution in [3.63, 3.8) is 0 Å². The average Bonchev–Trinajstić information content (AvgIpc) is 3.02. The summed E-state index contributed by atoms with van der Waals surface area (Å²) in [4.78, 5) is 2.72. The molecule has 1 N–H and O–H groups in total. The van der Waals surface area contributed by atoms with Gasteiger partial charge in [0.2, 0.25) is 0 Å². The van der Waals surface area contributed by atoms with Crippen LogP contribution in [-0.2, 0) is 13.1 Å². The molecule has 0 amide bonds. The van der Waals surface area contributed by atoms with Crippen LogP contribution >= 0.6 is 12.4 Å². The SMILES string of the molecule is CC1CCCCC1CN1CCC(c2nnc3n2CCNC3)CC1.Cl. The number of rotatable bonds is 3. The molecule has 4 rings (SSSR count). The summed E-state index contributed by atoms with van der Waals surface area (Å²) in [5, 5.41) is 12.3. The number of aromatic nitrogens is 3. The fraction of sp³-hybridized carbons (Fsp3) is 0.889. The third kappa shape index (κ3) is 3.78. The quantitative estimate of drug-likeness (QED) is 0.907. The van der Waals surface area contributed by atoms with Gasteiger partial charge in [-0.05, 0) is 44.2 Å². The van der Waals surface area contributed by atoms with E-state index in [4.69, 9.17) is 0 Å². The summed E-state index contributed by atoms with van der Waals surface area (Å²) in [7, 11) is 0. The smallest absolute Gasteiger partial charge is 0.147 e. The van der Waals surface area contributed by atoms with E-state index >= 15 is 0 Å². The Morgan fingerprint density at radius 1 is 1.04 bits per heavy atom. The molecule has 0 radical (unpaired) electrons. The zero-order chi connectivity index (χ0) is 15.6. The Morgan fingerprint density at radius 3 is 2.62 bits per heavy atom. The topological polar surface area (TPSA) is 46.0 Å². The largest absolute Gasteiger partial charge is 0.312 e. The molecular weight excluding hydrogens is 322 g/mol. The zero-order valence-corrected chi connectivity index (χ0v) is 15.7. The molecule has 1 saturated carbocycles. The third-order valence-corrected chi connectivity index (χ3v) is 6.39. The van der Waals surface area contributed by atoms with E-state index in [-0.39, 0.29) is 12.4 Å². The van der Waals surface area contributed by atoms with Crippen LogP contribution in [0, 0.1) is 11.8 Å². The molecule has 1 aromatic rings. The minimum absolute atomic E-state index is 0. The Bertz CT molecular complexity index is 523. The predicted octanol–water partition coefficient (Wildman–Crippen LogP) is 2.81. The number of hydrogen-bond donors (Lipinski definition) is 1. The van der Waals surface area contributed by atoms with Gasteiger partial charge >= 0.3 is 0 Å². The lowest BCUT2D eigenvalue weighted by atomic mass is 9.80. The highest BCUT2D eigenvalue weighted by molar-refractivity contribution is 5.85. The summed E-state index contributed by atoms with van der Waals surface area (Å²) in [5.74, 6) is 4.87. The Morgan fingerprint density at radius 2 is 1.83 bits per heavy atom. The van der Waals surface area contributed by atoms with Crippen LogP contribution in [0.15, 0.2) is 0 Å². The second-order valence-electron chi connectivity index (χ2n) is 7.90. The van der Waals surface area contributed by atoms with E-state index in [0.717, 1.165) is 37.3 Å². The molecule has 136 valence electrons. The first kappa shape index (κ1) is 18.2. The Kier molecular flexibility index (Phi) is 6.17. The lowest BCUT2D eigenvalue weighted by molar-refractivity contribution is 0.133. The van der Waals surface area contributed by atoms with Gasteiger partial charge in [0.25, 0.3) is 0 Å². The van der Waals surface area contributed by atoms with Crippen molar-refractivity contribution >= 4 is 12.4 Å². The average molecular weight is 354 g/mol. The number of piperidine rings is 1. The monoisotopic (exact) mass is 353 g/mol. The van der Waals surface area contributed by atoms with Crippen molar-refractivity contribution in [1.82, 2.24) is 25.0 Å². The van der Waals surface area contributed by atoms with Crippen molar-refractivity contribution in [3.8, 4) is 0 Å². The molecule has 24 heavy (non-hydrogen) atoms. The number of hydrogen-bond acceptors (Lipinski definition) is 4. The van der Waals surface area contributed by atoms with Crippen LogP contribution in [0.3, 0.4) is 0 Å². The van der Waals surface area contributed by atoms with Crippen LogP contribution in [0.4, 0.5) is 0 Å². The first-order valence-corrected chi connectivity index (χ1v) is 9.66. The van der Waals surface area contributed by atoms with Crippen LogP contribution < -0.4 is 5.32 Å². The van der Waals surface area contributed by atoms with Gasteiger partial charge in [0.1, 0.15) is 11.6 Å². The molecule has 1 saturated heterocycles. The van der Waals surface area contributed by atoms with Crippen molar-refractivity contribution in [2.75, 3.05) is 26.2 Å². The van der Waals surface area contributed by atoms with Gasteiger partial charge in [-0.15, -0.1) is 22.6 Å². The van der Waals surface area contributed by atoms with Crippen molar-refractivity contribution in [2.24, 2.45) is 11.8 Å². The summed E-state index contributed by atoms with van der Waals surface area (Å²) < 4.78 is 2.38. The van der Waals surface area contributed by atoms with Gasteiger partial charge in [-0.3, -0.25) is 0 Å². The number of fused-ring (bicyclic) bond motifs is 1. The van der Waals surface area contributed by atoms with E-state index < -0.39 is 0 Å².